The van der Waals surface area contributed by atoms with Gasteiger partial charge in [0.1, 0.15) is 5.69 Å². The van der Waals surface area contributed by atoms with E-state index in [1.165, 1.54) is 11.8 Å². The Bertz CT molecular complexity index is 630. The monoisotopic (exact) mass is 288 g/mol. The average molecular weight is 288 g/mol. The number of Topliss-reactive ketones (excluding diaryl/α,β-unsaturated/α-hetero) is 1. The van der Waals surface area contributed by atoms with E-state index < -0.39 is 0 Å². The van der Waals surface area contributed by atoms with Crippen molar-refractivity contribution < 1.29 is 9.59 Å². The van der Waals surface area contributed by atoms with Crippen LogP contribution in [-0.2, 0) is 0 Å². The first-order valence-corrected chi connectivity index (χ1v) is 7.58. The Morgan fingerprint density at radius 1 is 1.45 bits per heavy atom. The lowest BCUT2D eigenvalue weighted by Crippen LogP contribution is -2.30. The fraction of sp³-hybridized carbons (Fsp3) is 0.333. The molecular weight excluding hydrogens is 272 g/mol. The molecule has 0 aliphatic carbocycles. The van der Waals surface area contributed by atoms with Crippen LogP contribution in [0.5, 0.6) is 0 Å². The Balaban J connectivity index is 1.83. The van der Waals surface area contributed by atoms with Crippen molar-refractivity contribution in [3.8, 4) is 0 Å². The molecule has 2 aromatic heterocycles. The SMILES string of the molecule is CC(=O)c1c[nH]c(C(=O)N2CCCC2c2cccs2)c1. The van der Waals surface area contributed by atoms with E-state index >= 15 is 0 Å². The Labute approximate surface area is 121 Å². The van der Waals surface area contributed by atoms with Crippen LogP contribution in [-0.4, -0.2) is 28.1 Å². The lowest BCUT2D eigenvalue weighted by atomic mass is 10.2. The minimum atomic E-state index is -0.0310. The minimum Gasteiger partial charge on any atom is -0.356 e. The average Bonchev–Trinajstić information content (AvgIpc) is 3.17. The lowest BCUT2D eigenvalue weighted by Gasteiger charge is -2.23. The van der Waals surface area contributed by atoms with Crippen LogP contribution in [0.25, 0.3) is 0 Å². The van der Waals surface area contributed by atoms with Crippen LogP contribution < -0.4 is 0 Å². The van der Waals surface area contributed by atoms with Crippen LogP contribution >= 0.6 is 11.3 Å². The molecule has 20 heavy (non-hydrogen) atoms. The van der Waals surface area contributed by atoms with Gasteiger partial charge in [-0.15, -0.1) is 11.3 Å². The van der Waals surface area contributed by atoms with E-state index in [9.17, 15) is 9.59 Å². The van der Waals surface area contributed by atoms with E-state index in [2.05, 4.69) is 11.1 Å². The van der Waals surface area contributed by atoms with Gasteiger partial charge in [0.25, 0.3) is 5.91 Å². The zero-order valence-electron chi connectivity index (χ0n) is 11.3. The smallest absolute Gasteiger partial charge is 0.270 e. The first-order chi connectivity index (χ1) is 9.66. The molecule has 1 saturated heterocycles. The molecule has 0 aromatic carbocycles. The Kier molecular flexibility index (Phi) is 3.44. The van der Waals surface area contributed by atoms with E-state index in [1.54, 1.807) is 23.6 Å². The third-order valence-corrected chi connectivity index (χ3v) is 4.68. The summed E-state index contributed by atoms with van der Waals surface area (Å²) in [6.45, 7) is 2.28. The van der Waals surface area contributed by atoms with Crippen LogP contribution in [0, 0.1) is 0 Å². The van der Waals surface area contributed by atoms with Gasteiger partial charge >= 0.3 is 0 Å². The number of likely N-dealkylation sites (tertiary alicyclic amines) is 1. The van der Waals surface area contributed by atoms with Crippen LogP contribution in [0.3, 0.4) is 0 Å². The second-order valence-electron chi connectivity index (χ2n) is 5.03. The summed E-state index contributed by atoms with van der Waals surface area (Å²) in [7, 11) is 0. The fourth-order valence-corrected chi connectivity index (χ4v) is 3.54. The molecule has 1 aliphatic rings. The molecule has 4 nitrogen and oxygen atoms in total. The second kappa shape index (κ2) is 5.25. The molecule has 0 bridgehead atoms. The summed E-state index contributed by atoms with van der Waals surface area (Å²) < 4.78 is 0. The Hall–Kier alpha value is -1.88. The molecule has 1 unspecified atom stereocenters. The molecule has 0 radical (unpaired) electrons. The number of aromatic amines is 1. The summed E-state index contributed by atoms with van der Waals surface area (Å²) in [5, 5.41) is 2.04. The summed E-state index contributed by atoms with van der Waals surface area (Å²) in [4.78, 5) is 29.9. The van der Waals surface area contributed by atoms with Gasteiger partial charge in [0.2, 0.25) is 0 Å². The molecule has 1 atom stereocenters. The highest BCUT2D eigenvalue weighted by Gasteiger charge is 2.31. The van der Waals surface area contributed by atoms with E-state index in [4.69, 9.17) is 0 Å². The number of aromatic nitrogens is 1. The number of nitrogens with zero attached hydrogens (tertiary/aromatic N) is 1. The number of H-pyrrole nitrogens is 1. The predicted octanol–water partition coefficient (Wildman–Crippen LogP) is 3.26. The maximum atomic E-state index is 12.6. The third kappa shape index (κ3) is 2.29. The number of nitrogens with one attached hydrogen (secondary N) is 1. The number of amides is 1. The predicted molar refractivity (Wildman–Crippen MR) is 78.1 cm³/mol. The van der Waals surface area contributed by atoms with Crippen molar-refractivity contribution in [2.75, 3.05) is 6.54 Å². The van der Waals surface area contributed by atoms with Gasteiger partial charge in [-0.2, -0.15) is 0 Å². The minimum absolute atomic E-state index is 0.0200. The van der Waals surface area contributed by atoms with Crippen molar-refractivity contribution in [1.29, 1.82) is 0 Å². The Morgan fingerprint density at radius 3 is 2.95 bits per heavy atom. The third-order valence-electron chi connectivity index (χ3n) is 3.71. The second-order valence-corrected chi connectivity index (χ2v) is 6.01. The van der Waals surface area contributed by atoms with Crippen LogP contribution in [0.1, 0.15) is 51.5 Å². The summed E-state index contributed by atoms with van der Waals surface area (Å²) >= 11 is 1.69. The topological polar surface area (TPSA) is 53.2 Å². The molecule has 5 heteroatoms. The van der Waals surface area contributed by atoms with Crippen molar-refractivity contribution in [2.45, 2.75) is 25.8 Å². The molecule has 104 valence electrons. The standard InChI is InChI=1S/C15H16N2O2S/c1-10(18)11-8-12(16-9-11)15(19)17-6-2-4-13(17)14-5-3-7-20-14/h3,5,7-9,13,16H,2,4,6H2,1H3. The Morgan fingerprint density at radius 2 is 2.30 bits per heavy atom. The normalized spacial score (nSPS) is 18.4. The number of carbonyl (C=O) groups excluding carboxylic acids is 2. The van der Waals surface area contributed by atoms with Gasteiger partial charge in [-0.05, 0) is 37.3 Å². The summed E-state index contributed by atoms with van der Waals surface area (Å²) in [5.41, 5.74) is 1.05. The van der Waals surface area contributed by atoms with Gasteiger partial charge in [-0.25, -0.2) is 0 Å². The van der Waals surface area contributed by atoms with E-state index in [1.807, 2.05) is 16.3 Å². The van der Waals surface area contributed by atoms with Crippen molar-refractivity contribution >= 4 is 23.0 Å². The quantitative estimate of drug-likeness (QED) is 0.881. The maximum Gasteiger partial charge on any atom is 0.270 e. The van der Waals surface area contributed by atoms with Crippen molar-refractivity contribution in [3.05, 3.63) is 45.9 Å². The van der Waals surface area contributed by atoms with Crippen molar-refractivity contribution in [1.82, 2.24) is 9.88 Å². The van der Waals surface area contributed by atoms with Gasteiger partial charge < -0.3 is 9.88 Å². The molecule has 1 fully saturated rings. The molecule has 3 rings (SSSR count). The largest absolute Gasteiger partial charge is 0.356 e. The van der Waals surface area contributed by atoms with Gasteiger partial charge in [-0.3, -0.25) is 9.59 Å². The molecule has 1 amide bonds. The molecule has 3 heterocycles. The van der Waals surface area contributed by atoms with Crippen LogP contribution in [0.15, 0.2) is 29.8 Å². The number of hydrogen-bond donors (Lipinski definition) is 1. The zero-order chi connectivity index (χ0) is 14.1. The van der Waals surface area contributed by atoms with Crippen molar-refractivity contribution in [2.24, 2.45) is 0 Å². The zero-order valence-corrected chi connectivity index (χ0v) is 12.1. The van der Waals surface area contributed by atoms with Gasteiger partial charge in [0, 0.05) is 23.2 Å². The summed E-state index contributed by atoms with van der Waals surface area (Å²) in [6, 6.07) is 5.92. The van der Waals surface area contributed by atoms with E-state index in [-0.39, 0.29) is 17.7 Å². The van der Waals surface area contributed by atoms with Gasteiger partial charge in [0.15, 0.2) is 5.78 Å². The van der Waals surface area contributed by atoms with Gasteiger partial charge in [0.05, 0.1) is 6.04 Å². The first kappa shape index (κ1) is 13.1. The fourth-order valence-electron chi connectivity index (χ4n) is 2.66. The summed E-state index contributed by atoms with van der Waals surface area (Å²) in [5.74, 6) is -0.0510. The van der Waals surface area contributed by atoms with E-state index in [0.717, 1.165) is 19.4 Å². The van der Waals surface area contributed by atoms with Crippen molar-refractivity contribution in [3.63, 3.8) is 0 Å². The van der Waals surface area contributed by atoms with Crippen LogP contribution in [0.4, 0.5) is 0 Å². The summed E-state index contributed by atoms with van der Waals surface area (Å²) in [6.07, 6.45) is 3.63. The maximum absolute atomic E-state index is 12.6. The van der Waals surface area contributed by atoms with E-state index in [0.29, 0.717) is 11.3 Å². The number of rotatable bonds is 3. The number of hydrogen-bond acceptors (Lipinski definition) is 3. The highest BCUT2D eigenvalue weighted by molar-refractivity contribution is 7.10. The highest BCUT2D eigenvalue weighted by Crippen LogP contribution is 2.35. The number of thiophene rings is 1. The van der Waals surface area contributed by atoms with Gasteiger partial charge in [-0.1, -0.05) is 6.07 Å². The highest BCUT2D eigenvalue weighted by atomic mass is 32.1. The number of ketones is 1. The molecule has 0 saturated carbocycles. The molecule has 0 spiro atoms. The molecule has 1 N–H and O–H groups in total. The lowest BCUT2D eigenvalue weighted by molar-refractivity contribution is 0.0732. The molecule has 2 aromatic rings. The molecular formula is C15H16N2O2S. The van der Waals surface area contributed by atoms with Crippen LogP contribution in [0.2, 0.25) is 0 Å². The first-order valence-electron chi connectivity index (χ1n) is 6.70. The molecule has 1 aliphatic heterocycles. The number of carbonyl (C=O) groups is 2.